The van der Waals surface area contributed by atoms with Crippen LogP contribution in [0.3, 0.4) is 0 Å². The molecule has 2 aliphatic heterocycles. The monoisotopic (exact) mass is 434 g/mol. The predicted octanol–water partition coefficient (Wildman–Crippen LogP) is 6.35. The fourth-order valence-electron chi connectivity index (χ4n) is 4.27. The van der Waals surface area contributed by atoms with Gasteiger partial charge in [-0.05, 0) is 73.9 Å². The number of amides is 2. The first-order chi connectivity index (χ1) is 15.0. The Balaban J connectivity index is 0.000000182. The number of rotatable bonds is 4. The fraction of sp³-hybridized carbons (Fsp3) is 0.500. The molecule has 0 unspecified atom stereocenters. The molecule has 2 heterocycles. The second-order valence-corrected chi connectivity index (χ2v) is 10.2. The van der Waals surface area contributed by atoms with Crippen molar-refractivity contribution in [2.45, 2.75) is 92.4 Å². The lowest BCUT2D eigenvalue weighted by Crippen LogP contribution is -2.35. The molecule has 4 heteroatoms. The number of imide groups is 1. The van der Waals surface area contributed by atoms with E-state index in [9.17, 15) is 9.59 Å². The molecule has 4 nitrogen and oxygen atoms in total. The molecule has 0 saturated carbocycles. The average Bonchev–Trinajstić information content (AvgIpc) is 3.27. The normalized spacial score (nSPS) is 15.7. The smallest absolute Gasteiger partial charge is 0.261 e. The Kier molecular flexibility index (Phi) is 7.24. The van der Waals surface area contributed by atoms with E-state index in [1.54, 1.807) is 6.07 Å². The van der Waals surface area contributed by atoms with Gasteiger partial charge in [0, 0.05) is 25.2 Å². The third-order valence-corrected chi connectivity index (χ3v) is 6.50. The van der Waals surface area contributed by atoms with Crippen molar-refractivity contribution < 1.29 is 9.59 Å². The number of nitrogens with zero attached hydrogens (tertiary/aromatic N) is 2. The third kappa shape index (κ3) is 4.80. The van der Waals surface area contributed by atoms with Crippen LogP contribution in [0.1, 0.15) is 110 Å². The van der Waals surface area contributed by atoms with Crippen LogP contribution >= 0.6 is 0 Å². The molecule has 4 rings (SSSR count). The molecular weight excluding hydrogens is 396 g/mol. The first kappa shape index (κ1) is 24.2. The first-order valence-corrected chi connectivity index (χ1v) is 11.9. The Morgan fingerprint density at radius 3 is 1.72 bits per heavy atom. The maximum atomic E-state index is 12.1. The molecule has 0 bridgehead atoms. The van der Waals surface area contributed by atoms with Gasteiger partial charge in [-0.3, -0.25) is 19.4 Å². The van der Waals surface area contributed by atoms with E-state index in [0.717, 1.165) is 18.7 Å². The van der Waals surface area contributed by atoms with Gasteiger partial charge in [0.05, 0.1) is 11.1 Å². The molecule has 0 radical (unpaired) electrons. The fourth-order valence-corrected chi connectivity index (χ4v) is 4.27. The number of carbonyl (C=O) groups is 2. The molecule has 0 aromatic heterocycles. The van der Waals surface area contributed by atoms with Gasteiger partial charge in [0.1, 0.15) is 0 Å². The molecule has 32 heavy (non-hydrogen) atoms. The van der Waals surface area contributed by atoms with E-state index in [2.05, 4.69) is 64.6 Å². The number of hydrogen-bond donors (Lipinski definition) is 0. The molecule has 0 saturated heterocycles. The van der Waals surface area contributed by atoms with Crippen LogP contribution in [0.2, 0.25) is 0 Å². The van der Waals surface area contributed by atoms with Gasteiger partial charge in [-0.2, -0.15) is 0 Å². The third-order valence-electron chi connectivity index (χ3n) is 6.50. The Morgan fingerprint density at radius 2 is 1.16 bits per heavy atom. The molecule has 2 aromatic rings. The SMILES string of the molecule is CC(C)c1ccc2c(c1)C(=O)N(C(C)C)C2=O.CC(C)c1ccc2c(c1)CN(C(C)C)C2. The summed E-state index contributed by atoms with van der Waals surface area (Å²) in [6.07, 6.45) is 0. The minimum Gasteiger partial charge on any atom is -0.292 e. The van der Waals surface area contributed by atoms with Crippen molar-refractivity contribution in [1.82, 2.24) is 9.80 Å². The zero-order chi connectivity index (χ0) is 23.7. The van der Waals surface area contributed by atoms with Crippen LogP contribution < -0.4 is 0 Å². The molecular formula is C28H38N2O2. The lowest BCUT2D eigenvalue weighted by Gasteiger charge is -2.18. The largest absolute Gasteiger partial charge is 0.292 e. The Hall–Kier alpha value is -2.46. The minimum absolute atomic E-state index is 0.0927. The Bertz CT molecular complexity index is 1000. The maximum Gasteiger partial charge on any atom is 0.261 e. The van der Waals surface area contributed by atoms with Crippen LogP contribution in [-0.4, -0.2) is 33.7 Å². The summed E-state index contributed by atoms with van der Waals surface area (Å²) in [7, 11) is 0. The number of carbonyl (C=O) groups excluding carboxylic acids is 2. The van der Waals surface area contributed by atoms with Gasteiger partial charge >= 0.3 is 0 Å². The van der Waals surface area contributed by atoms with Crippen molar-refractivity contribution in [1.29, 1.82) is 0 Å². The summed E-state index contributed by atoms with van der Waals surface area (Å²) in [5.74, 6) is 0.664. The summed E-state index contributed by atoms with van der Waals surface area (Å²) >= 11 is 0. The highest BCUT2D eigenvalue weighted by molar-refractivity contribution is 6.21. The van der Waals surface area contributed by atoms with Crippen molar-refractivity contribution in [3.63, 3.8) is 0 Å². The van der Waals surface area contributed by atoms with Crippen LogP contribution in [0, 0.1) is 0 Å². The van der Waals surface area contributed by atoms with Crippen LogP contribution in [-0.2, 0) is 13.1 Å². The quantitative estimate of drug-likeness (QED) is 0.527. The van der Waals surface area contributed by atoms with Gasteiger partial charge in [-0.1, -0.05) is 52.0 Å². The predicted molar refractivity (Wildman–Crippen MR) is 131 cm³/mol. The van der Waals surface area contributed by atoms with Gasteiger partial charge in [0.15, 0.2) is 0 Å². The molecule has 2 aliphatic rings. The highest BCUT2D eigenvalue weighted by Gasteiger charge is 2.37. The zero-order valence-electron chi connectivity index (χ0n) is 20.9. The lowest BCUT2D eigenvalue weighted by molar-refractivity contribution is 0.0609. The Labute approximate surface area is 193 Å². The van der Waals surface area contributed by atoms with Gasteiger partial charge in [0.2, 0.25) is 0 Å². The highest BCUT2D eigenvalue weighted by atomic mass is 16.2. The molecule has 0 atom stereocenters. The minimum atomic E-state index is -0.171. The summed E-state index contributed by atoms with van der Waals surface area (Å²) < 4.78 is 0. The van der Waals surface area contributed by atoms with Crippen LogP contribution in [0.15, 0.2) is 36.4 Å². The van der Waals surface area contributed by atoms with E-state index in [1.165, 1.54) is 21.6 Å². The molecule has 0 aliphatic carbocycles. The standard InChI is InChI=1S/C14H17NO2.C14H21N/c1-8(2)10-5-6-11-12(7-10)14(17)15(9(3)4)13(11)16;1-10(2)12-5-6-13-8-15(11(3)4)9-14(13)7-12/h5-9H,1-4H3;5-7,10-11H,8-9H2,1-4H3. The summed E-state index contributed by atoms with van der Waals surface area (Å²) in [4.78, 5) is 28.0. The zero-order valence-corrected chi connectivity index (χ0v) is 20.9. The van der Waals surface area contributed by atoms with E-state index in [0.29, 0.717) is 29.0 Å². The van der Waals surface area contributed by atoms with Gasteiger partial charge in [-0.15, -0.1) is 0 Å². The molecule has 0 N–H and O–H groups in total. The van der Waals surface area contributed by atoms with Crippen molar-refractivity contribution in [3.05, 3.63) is 69.8 Å². The molecule has 0 fully saturated rings. The number of hydrogen-bond acceptors (Lipinski definition) is 3. The van der Waals surface area contributed by atoms with Crippen molar-refractivity contribution in [3.8, 4) is 0 Å². The van der Waals surface area contributed by atoms with Crippen molar-refractivity contribution >= 4 is 11.8 Å². The lowest BCUT2D eigenvalue weighted by atomic mass is 9.98. The summed E-state index contributed by atoms with van der Waals surface area (Å²) in [5, 5.41) is 0. The molecule has 172 valence electrons. The van der Waals surface area contributed by atoms with Crippen LogP contribution in [0.4, 0.5) is 0 Å². The maximum absolute atomic E-state index is 12.1. The van der Waals surface area contributed by atoms with E-state index >= 15 is 0 Å². The van der Waals surface area contributed by atoms with Gasteiger partial charge < -0.3 is 0 Å². The second kappa shape index (κ2) is 9.58. The molecule has 0 spiro atoms. The summed E-state index contributed by atoms with van der Waals surface area (Å²) in [6, 6.07) is 13.1. The Morgan fingerprint density at radius 1 is 0.625 bits per heavy atom. The average molecular weight is 435 g/mol. The van der Waals surface area contributed by atoms with Gasteiger partial charge in [0.25, 0.3) is 11.8 Å². The molecule has 2 aromatic carbocycles. The van der Waals surface area contributed by atoms with Crippen molar-refractivity contribution in [2.24, 2.45) is 0 Å². The van der Waals surface area contributed by atoms with Gasteiger partial charge in [-0.25, -0.2) is 0 Å². The second-order valence-electron chi connectivity index (χ2n) is 10.2. The number of fused-ring (bicyclic) bond motifs is 2. The van der Waals surface area contributed by atoms with E-state index in [-0.39, 0.29) is 17.9 Å². The van der Waals surface area contributed by atoms with Crippen LogP contribution in [0.25, 0.3) is 0 Å². The topological polar surface area (TPSA) is 40.6 Å². The van der Waals surface area contributed by atoms with Crippen molar-refractivity contribution in [2.75, 3.05) is 0 Å². The summed E-state index contributed by atoms with van der Waals surface area (Å²) in [5.41, 5.74) is 6.71. The first-order valence-electron chi connectivity index (χ1n) is 11.9. The summed E-state index contributed by atoms with van der Waals surface area (Å²) in [6.45, 7) is 19.2. The van der Waals surface area contributed by atoms with E-state index < -0.39 is 0 Å². The van der Waals surface area contributed by atoms with Crippen LogP contribution in [0.5, 0.6) is 0 Å². The van der Waals surface area contributed by atoms with E-state index in [1.807, 2.05) is 26.0 Å². The highest BCUT2D eigenvalue weighted by Crippen LogP contribution is 2.29. The van der Waals surface area contributed by atoms with E-state index in [4.69, 9.17) is 0 Å². The number of benzene rings is 2. The molecule has 2 amide bonds.